The zero-order chi connectivity index (χ0) is 53.8. The average Bonchev–Trinajstić information content (AvgIpc) is 4.32. The number of aromatic nitrogens is 9. The van der Waals surface area contributed by atoms with Gasteiger partial charge in [0.2, 0.25) is 11.9 Å². The first-order chi connectivity index (χ1) is 40.7. The van der Waals surface area contributed by atoms with Crippen LogP contribution in [-0.2, 0) is 0 Å². The summed E-state index contributed by atoms with van der Waals surface area (Å²) in [5.74, 6) is 2.40. The van der Waals surface area contributed by atoms with E-state index in [1.165, 1.54) is 10.8 Å². The quantitative estimate of drug-likeness (QED) is 0.151. The molecule has 382 valence electrons. The fourth-order valence-electron chi connectivity index (χ4n) is 12.7. The minimum atomic E-state index is 0.559. The summed E-state index contributed by atoms with van der Waals surface area (Å²) < 4.78 is 9.32. The van der Waals surface area contributed by atoms with Crippen LogP contribution in [-0.4, -0.2) is 43.2 Å². The first-order valence-corrected chi connectivity index (χ1v) is 27.6. The Morgan fingerprint density at radius 3 is 1.09 bits per heavy atom. The molecule has 6 aromatic heterocycles. The zero-order valence-corrected chi connectivity index (χ0v) is 44.0. The molecule has 0 aliphatic carbocycles. The second-order valence-corrected chi connectivity index (χ2v) is 20.9. The fraction of sp³-hybridized carbons (Fsp3) is 0. The van der Waals surface area contributed by atoms with Crippen molar-refractivity contribution in [3.63, 3.8) is 0 Å². The number of hydrogen-bond donors (Lipinski definition) is 0. The number of hydrogen-bond acceptors (Lipinski definition) is 5. The molecule has 0 saturated heterocycles. The maximum Gasteiger partial charge on any atom is 0.238 e. The molecule has 11 aromatic carbocycles. The normalized spacial score (nSPS) is 11.9. The van der Waals surface area contributed by atoms with Crippen LogP contribution >= 0.6 is 0 Å². The second kappa shape index (κ2) is 18.1. The molecule has 17 rings (SSSR count). The van der Waals surface area contributed by atoms with Gasteiger partial charge in [-0.2, -0.15) is 9.97 Å². The molecule has 0 saturated carbocycles. The first kappa shape index (κ1) is 45.7. The van der Waals surface area contributed by atoms with Crippen LogP contribution in [0.1, 0.15) is 0 Å². The van der Waals surface area contributed by atoms with Gasteiger partial charge in [0.15, 0.2) is 11.6 Å². The maximum absolute atomic E-state index is 5.38. The van der Waals surface area contributed by atoms with Crippen LogP contribution in [0.3, 0.4) is 0 Å². The minimum absolute atomic E-state index is 0.559. The van der Waals surface area contributed by atoms with E-state index in [0.717, 1.165) is 121 Å². The lowest BCUT2D eigenvalue weighted by molar-refractivity contribution is 0.953. The van der Waals surface area contributed by atoms with Gasteiger partial charge in [0, 0.05) is 76.7 Å². The Bertz CT molecular complexity index is 5270. The Morgan fingerprint density at radius 2 is 0.573 bits per heavy atom. The van der Waals surface area contributed by atoms with E-state index < -0.39 is 0 Å². The molecule has 9 heteroatoms. The Balaban J connectivity index is 0.881. The van der Waals surface area contributed by atoms with Gasteiger partial charge in [-0.1, -0.05) is 200 Å². The highest BCUT2D eigenvalue weighted by Gasteiger charge is 2.25. The van der Waals surface area contributed by atoms with Crippen molar-refractivity contribution in [2.75, 3.05) is 0 Å². The first-order valence-electron chi connectivity index (χ1n) is 27.6. The van der Waals surface area contributed by atoms with E-state index in [1.54, 1.807) is 0 Å². The minimum Gasteiger partial charge on any atom is -0.309 e. The molecule has 0 atom stereocenters. The Morgan fingerprint density at radius 1 is 0.207 bits per heavy atom. The van der Waals surface area contributed by atoms with Crippen LogP contribution in [0.2, 0.25) is 0 Å². The van der Waals surface area contributed by atoms with Crippen molar-refractivity contribution >= 4 is 87.2 Å². The average molecular weight is 1050 g/mol. The molecule has 0 spiro atoms. The van der Waals surface area contributed by atoms with Gasteiger partial charge in [-0.3, -0.25) is 9.13 Å². The van der Waals surface area contributed by atoms with E-state index in [-0.39, 0.29) is 0 Å². The Labute approximate surface area is 469 Å². The predicted octanol–water partition coefficient (Wildman–Crippen LogP) is 17.7. The zero-order valence-electron chi connectivity index (χ0n) is 44.0. The van der Waals surface area contributed by atoms with Gasteiger partial charge in [-0.15, -0.1) is 0 Å². The standard InChI is InChI=1S/C73H45N9/c1-5-22-46(23-6-1)58-44-59(47-24-7-2-8-25-47)75-72(74-58)82-61-37-18-14-33-53(61)57-43-56-52-32-13-17-36-60(52)80(66(56)45-67(57)82)51-31-21-30-50(42-51)79-62-38-19-15-34-54(62)68-64(79)40-41-65-69(68)55-35-16-20-39-63(55)81(65)73-77-70(48-26-9-3-10-27-48)76-71(78-73)49-28-11-4-12-29-49/h1-45H. The van der Waals surface area contributed by atoms with Crippen molar-refractivity contribution in [3.05, 3.63) is 273 Å². The molecule has 6 heterocycles. The molecular weight excluding hydrogens is 1000 g/mol. The molecule has 0 fully saturated rings. The third kappa shape index (κ3) is 7.03. The molecule has 0 amide bonds. The van der Waals surface area contributed by atoms with E-state index in [2.05, 4.69) is 243 Å². The third-order valence-corrected chi connectivity index (χ3v) is 16.2. The van der Waals surface area contributed by atoms with Gasteiger partial charge in [-0.05, 0) is 72.8 Å². The molecule has 17 aromatic rings. The van der Waals surface area contributed by atoms with Crippen LogP contribution in [0.4, 0.5) is 0 Å². The Hall–Kier alpha value is -11.3. The van der Waals surface area contributed by atoms with Crippen molar-refractivity contribution in [1.29, 1.82) is 0 Å². The highest BCUT2D eigenvalue weighted by atomic mass is 15.2. The maximum atomic E-state index is 5.38. The van der Waals surface area contributed by atoms with Crippen LogP contribution < -0.4 is 0 Å². The fourth-order valence-corrected chi connectivity index (χ4v) is 12.7. The molecule has 0 N–H and O–H groups in total. The van der Waals surface area contributed by atoms with Gasteiger partial charge in [0.1, 0.15) is 0 Å². The van der Waals surface area contributed by atoms with E-state index in [4.69, 9.17) is 24.9 Å². The highest BCUT2D eigenvalue weighted by molar-refractivity contribution is 6.29. The van der Waals surface area contributed by atoms with Crippen molar-refractivity contribution in [3.8, 4) is 68.6 Å². The van der Waals surface area contributed by atoms with E-state index >= 15 is 0 Å². The molecule has 0 aliphatic heterocycles. The summed E-state index contributed by atoms with van der Waals surface area (Å²) in [6, 6.07) is 96.3. The van der Waals surface area contributed by atoms with Crippen LogP contribution in [0.15, 0.2) is 273 Å². The van der Waals surface area contributed by atoms with Gasteiger partial charge in [0.25, 0.3) is 0 Å². The molecule has 0 radical (unpaired) electrons. The van der Waals surface area contributed by atoms with Crippen LogP contribution in [0.5, 0.6) is 0 Å². The summed E-state index contributed by atoms with van der Waals surface area (Å²) in [5.41, 5.74) is 16.2. The molecule has 9 nitrogen and oxygen atoms in total. The van der Waals surface area contributed by atoms with Gasteiger partial charge in [-0.25, -0.2) is 15.0 Å². The molecule has 0 bridgehead atoms. The van der Waals surface area contributed by atoms with Gasteiger partial charge >= 0.3 is 0 Å². The van der Waals surface area contributed by atoms with Crippen molar-refractivity contribution in [2.45, 2.75) is 0 Å². The second-order valence-electron chi connectivity index (χ2n) is 20.9. The largest absolute Gasteiger partial charge is 0.309 e. The molecule has 0 aliphatic rings. The number of rotatable bonds is 8. The number of nitrogens with zero attached hydrogens (tertiary/aromatic N) is 9. The summed E-state index contributed by atoms with van der Waals surface area (Å²) >= 11 is 0. The lowest BCUT2D eigenvalue weighted by Crippen LogP contribution is -2.06. The molecular formula is C73H45N9. The van der Waals surface area contributed by atoms with E-state index in [0.29, 0.717) is 23.5 Å². The van der Waals surface area contributed by atoms with Gasteiger partial charge in [0.05, 0.1) is 55.5 Å². The van der Waals surface area contributed by atoms with Gasteiger partial charge < -0.3 is 9.13 Å². The monoisotopic (exact) mass is 1050 g/mol. The van der Waals surface area contributed by atoms with Crippen molar-refractivity contribution in [1.82, 2.24) is 43.2 Å². The van der Waals surface area contributed by atoms with E-state index in [9.17, 15) is 0 Å². The summed E-state index contributed by atoms with van der Waals surface area (Å²) in [4.78, 5) is 26.3. The summed E-state index contributed by atoms with van der Waals surface area (Å²) in [5, 5.41) is 9.19. The summed E-state index contributed by atoms with van der Waals surface area (Å²) in [7, 11) is 0. The van der Waals surface area contributed by atoms with E-state index in [1.807, 2.05) is 48.5 Å². The molecule has 0 unspecified atom stereocenters. The van der Waals surface area contributed by atoms with Crippen molar-refractivity contribution in [2.24, 2.45) is 0 Å². The Kier molecular flexibility index (Phi) is 10.1. The number of fused-ring (bicyclic) bond motifs is 13. The SMILES string of the molecule is c1ccc(-c2cc(-c3ccccc3)nc(-n3c4ccccc4c4cc5c6ccccc6n(-c6cccc(-n7c8ccccc8c8c9c%10ccccc%10n(-c%10nc(-c%11ccccc%11)nc(-c%11ccccc%11)n%10)c9ccc87)c6)c5cc43)n2)cc1. The van der Waals surface area contributed by atoms with Crippen molar-refractivity contribution < 1.29 is 0 Å². The number of benzene rings is 11. The smallest absolute Gasteiger partial charge is 0.238 e. The molecule has 82 heavy (non-hydrogen) atoms. The highest BCUT2D eigenvalue weighted by Crippen LogP contribution is 2.44. The van der Waals surface area contributed by atoms with Crippen LogP contribution in [0.25, 0.3) is 156 Å². The lowest BCUT2D eigenvalue weighted by atomic mass is 10.1. The lowest BCUT2D eigenvalue weighted by Gasteiger charge is -2.14. The topological polar surface area (TPSA) is 84.2 Å². The third-order valence-electron chi connectivity index (χ3n) is 16.2. The number of para-hydroxylation sites is 4. The summed E-state index contributed by atoms with van der Waals surface area (Å²) in [6.07, 6.45) is 0. The van der Waals surface area contributed by atoms with Crippen LogP contribution in [0, 0.1) is 0 Å². The summed E-state index contributed by atoms with van der Waals surface area (Å²) in [6.45, 7) is 0. The predicted molar refractivity (Wildman–Crippen MR) is 335 cm³/mol.